The molecule has 1 rings (SSSR count). The Hall–Kier alpha value is -1.59. The molecule has 0 spiro atoms. The van der Waals surface area contributed by atoms with Gasteiger partial charge in [-0.25, -0.2) is 0 Å². The van der Waals surface area contributed by atoms with Gasteiger partial charge in [-0.3, -0.25) is 9.59 Å². The van der Waals surface area contributed by atoms with Crippen LogP contribution in [0, 0.1) is 0 Å². The van der Waals surface area contributed by atoms with Gasteiger partial charge in [-0.05, 0) is 44.5 Å². The van der Waals surface area contributed by atoms with Crippen LogP contribution in [0.15, 0.2) is 24.3 Å². The Labute approximate surface area is 123 Å². The third-order valence-electron chi connectivity index (χ3n) is 2.80. The van der Waals surface area contributed by atoms with Crippen LogP contribution in [-0.2, 0) is 4.79 Å². The second-order valence-corrected chi connectivity index (χ2v) is 5.06. The lowest BCUT2D eigenvalue weighted by Crippen LogP contribution is -2.47. The Morgan fingerprint density at radius 1 is 1.20 bits per heavy atom. The van der Waals surface area contributed by atoms with Crippen molar-refractivity contribution in [1.82, 2.24) is 10.6 Å². The number of rotatable bonds is 6. The highest BCUT2D eigenvalue weighted by atomic mass is 35.5. The van der Waals surface area contributed by atoms with Crippen LogP contribution < -0.4 is 10.6 Å². The normalized spacial score (nSPS) is 13.4. The number of nitrogens with one attached hydrogen (secondary N) is 2. The van der Waals surface area contributed by atoms with Gasteiger partial charge in [0, 0.05) is 23.2 Å². The van der Waals surface area contributed by atoms with Gasteiger partial charge < -0.3 is 15.7 Å². The van der Waals surface area contributed by atoms with Crippen molar-refractivity contribution in [2.24, 2.45) is 0 Å². The number of aliphatic hydroxyl groups excluding tert-OH is 1. The summed E-state index contributed by atoms with van der Waals surface area (Å²) in [5.74, 6) is -0.618. The molecule has 1 aromatic rings. The lowest BCUT2D eigenvalue weighted by molar-refractivity contribution is -0.123. The molecule has 5 nitrogen and oxygen atoms in total. The second kappa shape index (κ2) is 7.87. The van der Waals surface area contributed by atoms with E-state index in [1.165, 1.54) is 0 Å². The van der Waals surface area contributed by atoms with E-state index in [-0.39, 0.29) is 24.5 Å². The first-order valence-electron chi connectivity index (χ1n) is 6.41. The van der Waals surface area contributed by atoms with E-state index in [2.05, 4.69) is 10.6 Å². The molecular weight excluding hydrogens is 280 g/mol. The fraction of sp³-hybridized carbons (Fsp3) is 0.429. The first kappa shape index (κ1) is 16.5. The second-order valence-electron chi connectivity index (χ2n) is 4.62. The van der Waals surface area contributed by atoms with Crippen molar-refractivity contribution >= 4 is 23.4 Å². The average molecular weight is 299 g/mol. The molecule has 0 saturated carbocycles. The van der Waals surface area contributed by atoms with Crippen LogP contribution in [0.5, 0.6) is 0 Å². The highest BCUT2D eigenvalue weighted by Crippen LogP contribution is 2.09. The molecule has 3 N–H and O–H groups in total. The van der Waals surface area contributed by atoms with Gasteiger partial charge in [0.1, 0.15) is 6.04 Å². The molecule has 6 heteroatoms. The predicted molar refractivity (Wildman–Crippen MR) is 77.7 cm³/mol. The van der Waals surface area contributed by atoms with E-state index < -0.39 is 6.04 Å². The summed E-state index contributed by atoms with van der Waals surface area (Å²) >= 11 is 5.74. The summed E-state index contributed by atoms with van der Waals surface area (Å²) in [4.78, 5) is 23.7. The summed E-state index contributed by atoms with van der Waals surface area (Å²) in [7, 11) is 0. The summed E-state index contributed by atoms with van der Waals surface area (Å²) in [6, 6.07) is 5.63. The molecular formula is C14H19ClN2O3. The smallest absolute Gasteiger partial charge is 0.251 e. The molecule has 0 radical (unpaired) electrons. The largest absolute Gasteiger partial charge is 0.396 e. The zero-order valence-corrected chi connectivity index (χ0v) is 12.3. The topological polar surface area (TPSA) is 78.4 Å². The van der Waals surface area contributed by atoms with E-state index in [0.29, 0.717) is 17.0 Å². The molecule has 1 aromatic carbocycles. The minimum Gasteiger partial charge on any atom is -0.396 e. The Kier molecular flexibility index (Phi) is 6.48. The maximum Gasteiger partial charge on any atom is 0.251 e. The van der Waals surface area contributed by atoms with E-state index in [9.17, 15) is 9.59 Å². The molecule has 0 aromatic heterocycles. The standard InChI is InChI=1S/C14H19ClN2O3/c1-9(7-8-18)16-13(19)10(2)17-14(20)11-3-5-12(15)6-4-11/h3-6,9-10,18H,7-8H2,1-2H3,(H,16,19)(H,17,20). The lowest BCUT2D eigenvalue weighted by Gasteiger charge is -2.18. The van der Waals surface area contributed by atoms with Crippen LogP contribution in [0.25, 0.3) is 0 Å². The van der Waals surface area contributed by atoms with Gasteiger partial charge in [0.2, 0.25) is 5.91 Å². The number of benzene rings is 1. The quantitative estimate of drug-likeness (QED) is 0.742. The maximum absolute atomic E-state index is 11.9. The van der Waals surface area contributed by atoms with Crippen molar-refractivity contribution in [2.75, 3.05) is 6.61 Å². The summed E-state index contributed by atoms with van der Waals surface area (Å²) < 4.78 is 0. The van der Waals surface area contributed by atoms with Crippen molar-refractivity contribution < 1.29 is 14.7 Å². The number of amides is 2. The molecule has 0 aliphatic carbocycles. The van der Waals surface area contributed by atoms with Crippen LogP contribution in [0.2, 0.25) is 5.02 Å². The Bertz CT molecular complexity index is 462. The summed E-state index contributed by atoms with van der Waals surface area (Å²) in [5, 5.41) is 14.6. The van der Waals surface area contributed by atoms with E-state index in [0.717, 1.165) is 0 Å². The molecule has 2 atom stereocenters. The number of carbonyl (C=O) groups excluding carboxylic acids is 2. The summed E-state index contributed by atoms with van der Waals surface area (Å²) in [5.41, 5.74) is 0.442. The van der Waals surface area contributed by atoms with Gasteiger partial charge in [-0.15, -0.1) is 0 Å². The molecule has 0 aliphatic rings. The van der Waals surface area contributed by atoms with Crippen molar-refractivity contribution in [3.63, 3.8) is 0 Å². The fourth-order valence-electron chi connectivity index (χ4n) is 1.58. The van der Waals surface area contributed by atoms with Crippen LogP contribution in [-0.4, -0.2) is 35.6 Å². The molecule has 2 unspecified atom stereocenters. The highest BCUT2D eigenvalue weighted by Gasteiger charge is 2.17. The number of aliphatic hydroxyl groups is 1. The van der Waals surface area contributed by atoms with Gasteiger partial charge in [-0.2, -0.15) is 0 Å². The van der Waals surface area contributed by atoms with Gasteiger partial charge in [0.05, 0.1) is 0 Å². The van der Waals surface area contributed by atoms with Gasteiger partial charge >= 0.3 is 0 Å². The van der Waals surface area contributed by atoms with Crippen molar-refractivity contribution in [1.29, 1.82) is 0 Å². The number of halogens is 1. The Morgan fingerprint density at radius 3 is 2.35 bits per heavy atom. The van der Waals surface area contributed by atoms with Crippen molar-refractivity contribution in [2.45, 2.75) is 32.4 Å². The number of carbonyl (C=O) groups is 2. The monoisotopic (exact) mass is 298 g/mol. The molecule has 0 aliphatic heterocycles. The summed E-state index contributed by atoms with van der Waals surface area (Å²) in [6.45, 7) is 3.41. The predicted octanol–water partition coefficient (Wildman–Crippen LogP) is 1.35. The van der Waals surface area contributed by atoms with Crippen LogP contribution in [0.4, 0.5) is 0 Å². The maximum atomic E-state index is 11.9. The van der Waals surface area contributed by atoms with E-state index in [1.54, 1.807) is 38.1 Å². The molecule has 110 valence electrons. The SMILES string of the molecule is CC(CCO)NC(=O)C(C)NC(=O)c1ccc(Cl)cc1. The highest BCUT2D eigenvalue weighted by molar-refractivity contribution is 6.30. The zero-order valence-electron chi connectivity index (χ0n) is 11.5. The van der Waals surface area contributed by atoms with Crippen LogP contribution in [0.3, 0.4) is 0 Å². The van der Waals surface area contributed by atoms with Gasteiger partial charge in [0.25, 0.3) is 5.91 Å². The van der Waals surface area contributed by atoms with Crippen LogP contribution in [0.1, 0.15) is 30.6 Å². The fourth-order valence-corrected chi connectivity index (χ4v) is 1.71. The first-order valence-corrected chi connectivity index (χ1v) is 6.79. The zero-order chi connectivity index (χ0) is 15.1. The van der Waals surface area contributed by atoms with E-state index in [4.69, 9.17) is 16.7 Å². The van der Waals surface area contributed by atoms with Crippen LogP contribution >= 0.6 is 11.6 Å². The van der Waals surface area contributed by atoms with Crippen molar-refractivity contribution in [3.8, 4) is 0 Å². The average Bonchev–Trinajstić information content (AvgIpc) is 2.39. The minimum absolute atomic E-state index is 0.00691. The Morgan fingerprint density at radius 2 is 1.80 bits per heavy atom. The molecule has 0 saturated heterocycles. The minimum atomic E-state index is -0.653. The third kappa shape index (κ3) is 5.19. The third-order valence-corrected chi connectivity index (χ3v) is 3.05. The van der Waals surface area contributed by atoms with Gasteiger partial charge in [-0.1, -0.05) is 11.6 Å². The molecule has 0 bridgehead atoms. The van der Waals surface area contributed by atoms with Gasteiger partial charge in [0.15, 0.2) is 0 Å². The summed E-state index contributed by atoms with van der Waals surface area (Å²) in [6.07, 6.45) is 0.476. The van der Waals surface area contributed by atoms with E-state index >= 15 is 0 Å². The first-order chi connectivity index (χ1) is 9.43. The number of hydrogen-bond acceptors (Lipinski definition) is 3. The number of hydrogen-bond donors (Lipinski definition) is 3. The Balaban J connectivity index is 2.52. The molecule has 20 heavy (non-hydrogen) atoms. The van der Waals surface area contributed by atoms with Crippen molar-refractivity contribution in [3.05, 3.63) is 34.9 Å². The van der Waals surface area contributed by atoms with E-state index in [1.807, 2.05) is 0 Å². The molecule has 2 amide bonds. The lowest BCUT2D eigenvalue weighted by atomic mass is 10.2. The molecule has 0 heterocycles. The molecule has 0 fully saturated rings.